The van der Waals surface area contributed by atoms with Gasteiger partial charge in [0.15, 0.2) is 9.84 Å². The summed E-state index contributed by atoms with van der Waals surface area (Å²) < 4.78 is 25.0. The Labute approximate surface area is 118 Å². The fraction of sp³-hybridized carbons (Fsp3) is 0.357. The van der Waals surface area contributed by atoms with E-state index in [1.165, 1.54) is 0 Å². The Balaban J connectivity index is 1.69. The fourth-order valence-corrected chi connectivity index (χ4v) is 4.14. The van der Waals surface area contributed by atoms with Gasteiger partial charge in [-0.15, -0.1) is 0 Å². The molecule has 1 aliphatic heterocycles. The van der Waals surface area contributed by atoms with Crippen LogP contribution in [0.4, 0.5) is 5.69 Å². The van der Waals surface area contributed by atoms with Crippen LogP contribution >= 0.6 is 0 Å². The molecule has 20 heavy (non-hydrogen) atoms. The average molecular weight is 291 g/mol. The van der Waals surface area contributed by atoms with Crippen molar-refractivity contribution in [3.05, 3.63) is 42.7 Å². The first-order chi connectivity index (χ1) is 9.62. The maximum Gasteiger partial charge on any atom is 0.152 e. The van der Waals surface area contributed by atoms with Gasteiger partial charge < -0.3 is 5.32 Å². The van der Waals surface area contributed by atoms with Crippen molar-refractivity contribution in [2.24, 2.45) is 0 Å². The third-order valence-corrected chi connectivity index (χ3v) is 5.29. The van der Waals surface area contributed by atoms with E-state index in [9.17, 15) is 8.42 Å². The van der Waals surface area contributed by atoms with Crippen LogP contribution < -0.4 is 5.32 Å². The van der Waals surface area contributed by atoms with Gasteiger partial charge in [-0.05, 0) is 43.2 Å². The van der Waals surface area contributed by atoms with Gasteiger partial charge in [0, 0.05) is 24.1 Å². The van der Waals surface area contributed by atoms with Crippen molar-refractivity contribution in [1.29, 1.82) is 0 Å². The molecule has 1 aromatic heterocycles. The van der Waals surface area contributed by atoms with Crippen molar-refractivity contribution < 1.29 is 8.42 Å². The molecule has 0 aliphatic carbocycles. The highest BCUT2D eigenvalue weighted by Crippen LogP contribution is 2.18. The van der Waals surface area contributed by atoms with E-state index in [4.69, 9.17) is 0 Å². The second kappa shape index (κ2) is 5.28. The maximum absolute atomic E-state index is 11.6. The van der Waals surface area contributed by atoms with E-state index in [1.807, 2.05) is 36.5 Å². The number of nitrogens with zero attached hydrogens (tertiary/aromatic N) is 2. The lowest BCUT2D eigenvalue weighted by Gasteiger charge is -2.24. The molecule has 1 fully saturated rings. The number of nitrogens with one attached hydrogen (secondary N) is 1. The number of aromatic nitrogens is 2. The Bertz CT molecular complexity index is 663. The maximum atomic E-state index is 11.6. The van der Waals surface area contributed by atoms with Gasteiger partial charge >= 0.3 is 0 Å². The van der Waals surface area contributed by atoms with Crippen molar-refractivity contribution in [2.45, 2.75) is 18.9 Å². The lowest BCUT2D eigenvalue weighted by molar-refractivity contribution is 0.562. The van der Waals surface area contributed by atoms with E-state index in [2.05, 4.69) is 10.4 Å². The van der Waals surface area contributed by atoms with Crippen LogP contribution in [0.3, 0.4) is 0 Å². The van der Waals surface area contributed by atoms with Crippen LogP contribution in [-0.4, -0.2) is 35.7 Å². The topological polar surface area (TPSA) is 64.0 Å². The summed E-state index contributed by atoms with van der Waals surface area (Å²) in [5.41, 5.74) is 1.93. The van der Waals surface area contributed by atoms with Crippen LogP contribution in [0.5, 0.6) is 0 Å². The summed E-state index contributed by atoms with van der Waals surface area (Å²) in [7, 11) is -2.87. The second-order valence-corrected chi connectivity index (χ2v) is 7.32. The molecule has 1 aromatic carbocycles. The summed E-state index contributed by atoms with van der Waals surface area (Å²) in [5, 5.41) is 7.47. The third kappa shape index (κ3) is 3.01. The Morgan fingerprint density at radius 1 is 1.25 bits per heavy atom. The molecule has 2 aromatic rings. The molecular formula is C14H17N3O2S. The predicted molar refractivity (Wildman–Crippen MR) is 78.9 cm³/mol. The summed E-state index contributed by atoms with van der Waals surface area (Å²) in [6, 6.07) is 9.73. The zero-order chi connectivity index (χ0) is 14.0. The molecule has 0 radical (unpaired) electrons. The first-order valence-electron chi connectivity index (χ1n) is 6.69. The monoisotopic (exact) mass is 291 g/mol. The molecule has 1 saturated heterocycles. The van der Waals surface area contributed by atoms with Crippen LogP contribution in [0, 0.1) is 0 Å². The first kappa shape index (κ1) is 13.2. The van der Waals surface area contributed by atoms with Gasteiger partial charge in [-0.1, -0.05) is 0 Å². The van der Waals surface area contributed by atoms with Gasteiger partial charge in [-0.25, -0.2) is 13.1 Å². The van der Waals surface area contributed by atoms with E-state index >= 15 is 0 Å². The number of anilines is 1. The van der Waals surface area contributed by atoms with E-state index in [0.717, 1.165) is 24.2 Å². The summed E-state index contributed by atoms with van der Waals surface area (Å²) in [5.74, 6) is 0.553. The number of hydrogen-bond acceptors (Lipinski definition) is 4. The fourth-order valence-electron chi connectivity index (χ4n) is 2.50. The molecule has 0 spiro atoms. The number of sulfone groups is 1. The first-order valence-corrected chi connectivity index (χ1v) is 8.52. The third-order valence-electron chi connectivity index (χ3n) is 3.47. The largest absolute Gasteiger partial charge is 0.381 e. The molecule has 6 heteroatoms. The van der Waals surface area contributed by atoms with Crippen molar-refractivity contribution >= 4 is 15.5 Å². The summed E-state index contributed by atoms with van der Waals surface area (Å²) in [6.07, 6.45) is 5.26. The van der Waals surface area contributed by atoms with Gasteiger partial charge in [0.1, 0.15) is 0 Å². The van der Waals surface area contributed by atoms with Crippen molar-refractivity contribution in [2.75, 3.05) is 16.8 Å². The standard InChI is InChI=1S/C14H17N3O2S/c18-20(19)10-1-3-13(11-20)16-12-4-6-14(7-5-12)17-9-2-8-15-17/h2,4-9,13,16H,1,3,10-11H2. The summed E-state index contributed by atoms with van der Waals surface area (Å²) in [6.45, 7) is 0. The Kier molecular flexibility index (Phi) is 3.48. The summed E-state index contributed by atoms with van der Waals surface area (Å²) >= 11 is 0. The van der Waals surface area contributed by atoms with Gasteiger partial charge in [0.25, 0.3) is 0 Å². The van der Waals surface area contributed by atoms with Crippen molar-refractivity contribution in [3.8, 4) is 5.69 Å². The van der Waals surface area contributed by atoms with Gasteiger partial charge in [-0.3, -0.25) is 0 Å². The van der Waals surface area contributed by atoms with Crippen LogP contribution in [0.1, 0.15) is 12.8 Å². The molecule has 0 bridgehead atoms. The molecule has 2 heterocycles. The number of hydrogen-bond donors (Lipinski definition) is 1. The molecule has 1 unspecified atom stereocenters. The smallest absolute Gasteiger partial charge is 0.152 e. The number of benzene rings is 1. The van der Waals surface area contributed by atoms with E-state index in [0.29, 0.717) is 5.75 Å². The second-order valence-electron chi connectivity index (χ2n) is 5.10. The van der Waals surface area contributed by atoms with Gasteiger partial charge in [0.05, 0.1) is 17.2 Å². The highest BCUT2D eigenvalue weighted by molar-refractivity contribution is 7.91. The molecule has 3 rings (SSSR count). The molecule has 1 atom stereocenters. The van der Waals surface area contributed by atoms with Crippen LogP contribution in [0.2, 0.25) is 0 Å². The zero-order valence-corrected chi connectivity index (χ0v) is 11.9. The predicted octanol–water partition coefficient (Wildman–Crippen LogP) is 1.86. The minimum absolute atomic E-state index is 0.0179. The van der Waals surface area contributed by atoms with Gasteiger partial charge in [-0.2, -0.15) is 5.10 Å². The minimum Gasteiger partial charge on any atom is -0.381 e. The van der Waals surface area contributed by atoms with Crippen molar-refractivity contribution in [3.63, 3.8) is 0 Å². The quantitative estimate of drug-likeness (QED) is 0.937. The zero-order valence-electron chi connectivity index (χ0n) is 11.1. The molecule has 0 saturated carbocycles. The minimum atomic E-state index is -2.87. The Morgan fingerprint density at radius 3 is 2.70 bits per heavy atom. The molecule has 106 valence electrons. The molecule has 1 N–H and O–H groups in total. The van der Waals surface area contributed by atoms with Crippen LogP contribution in [0.25, 0.3) is 5.69 Å². The Morgan fingerprint density at radius 2 is 2.05 bits per heavy atom. The highest BCUT2D eigenvalue weighted by Gasteiger charge is 2.24. The van der Waals surface area contributed by atoms with E-state index in [-0.39, 0.29) is 11.8 Å². The van der Waals surface area contributed by atoms with Crippen LogP contribution in [-0.2, 0) is 9.84 Å². The summed E-state index contributed by atoms with van der Waals surface area (Å²) in [4.78, 5) is 0. The SMILES string of the molecule is O=S1(=O)CCCC(Nc2ccc(-n3cccn3)cc2)C1. The average Bonchev–Trinajstić information content (AvgIpc) is 2.92. The highest BCUT2D eigenvalue weighted by atomic mass is 32.2. The van der Waals surface area contributed by atoms with Crippen LogP contribution in [0.15, 0.2) is 42.7 Å². The molecular weight excluding hydrogens is 274 g/mol. The van der Waals surface area contributed by atoms with E-state index < -0.39 is 9.84 Å². The normalized spacial score (nSPS) is 21.5. The molecule has 5 nitrogen and oxygen atoms in total. The van der Waals surface area contributed by atoms with Gasteiger partial charge in [0.2, 0.25) is 0 Å². The number of rotatable bonds is 3. The van der Waals surface area contributed by atoms with E-state index in [1.54, 1.807) is 10.9 Å². The Hall–Kier alpha value is -1.82. The lowest BCUT2D eigenvalue weighted by atomic mass is 10.1. The van der Waals surface area contributed by atoms with Crippen molar-refractivity contribution in [1.82, 2.24) is 9.78 Å². The molecule has 0 amide bonds. The lowest BCUT2D eigenvalue weighted by Crippen LogP contribution is -2.34. The molecule has 1 aliphatic rings.